The van der Waals surface area contributed by atoms with Gasteiger partial charge in [0.25, 0.3) is 0 Å². The molecule has 1 aliphatic carbocycles. The van der Waals surface area contributed by atoms with E-state index in [0.717, 1.165) is 17.3 Å². The van der Waals surface area contributed by atoms with Crippen LogP contribution in [0.2, 0.25) is 0 Å². The van der Waals surface area contributed by atoms with Gasteiger partial charge in [-0.1, -0.05) is 0 Å². The quantitative estimate of drug-likeness (QED) is 0.793. The molecule has 1 aliphatic rings. The van der Waals surface area contributed by atoms with Gasteiger partial charge in [0.15, 0.2) is 0 Å². The highest BCUT2D eigenvalue weighted by molar-refractivity contribution is 5.54. The molecule has 0 bridgehead atoms. The molecule has 0 spiro atoms. The van der Waals surface area contributed by atoms with Gasteiger partial charge in [-0.25, -0.2) is 0 Å². The number of rotatable bonds is 4. The van der Waals surface area contributed by atoms with E-state index in [1.807, 2.05) is 19.4 Å². The Morgan fingerprint density at radius 1 is 1.27 bits per heavy atom. The minimum atomic E-state index is 0.189. The normalized spacial score (nSPS) is 16.2. The highest BCUT2D eigenvalue weighted by Crippen LogP contribution is 2.41. The first-order valence-electron chi connectivity index (χ1n) is 5.53. The number of anilines is 2. The van der Waals surface area contributed by atoms with Crippen molar-refractivity contribution in [3.8, 4) is 0 Å². The molecule has 0 amide bonds. The number of hydrogen-bond donors (Lipinski definition) is 2. The van der Waals surface area contributed by atoms with Crippen LogP contribution < -0.4 is 10.6 Å². The smallest absolute Gasteiger partial charge is 0.0551 e. The Morgan fingerprint density at radius 2 is 1.93 bits per heavy atom. The fraction of sp³-hybridized carbons (Fsp3) is 0.583. The molecule has 2 N–H and O–H groups in total. The van der Waals surface area contributed by atoms with Crippen molar-refractivity contribution in [2.45, 2.75) is 32.2 Å². The van der Waals surface area contributed by atoms with E-state index in [4.69, 9.17) is 0 Å². The number of nitrogens with one attached hydrogen (secondary N) is 2. The van der Waals surface area contributed by atoms with Crippen molar-refractivity contribution in [2.75, 3.05) is 17.7 Å². The zero-order valence-electron chi connectivity index (χ0n) is 9.67. The Kier molecular flexibility index (Phi) is 2.55. The molecule has 15 heavy (non-hydrogen) atoms. The van der Waals surface area contributed by atoms with E-state index in [-0.39, 0.29) is 5.54 Å². The predicted molar refractivity (Wildman–Crippen MR) is 64.2 cm³/mol. The number of pyridine rings is 1. The maximum absolute atomic E-state index is 4.19. The maximum Gasteiger partial charge on any atom is 0.0551 e. The third kappa shape index (κ3) is 2.41. The van der Waals surface area contributed by atoms with Gasteiger partial charge in [-0.05, 0) is 38.7 Å². The van der Waals surface area contributed by atoms with Crippen LogP contribution in [0.5, 0.6) is 0 Å². The van der Waals surface area contributed by atoms with Crippen LogP contribution in [0.25, 0.3) is 0 Å². The topological polar surface area (TPSA) is 37.0 Å². The van der Waals surface area contributed by atoms with Gasteiger partial charge in [0.2, 0.25) is 0 Å². The van der Waals surface area contributed by atoms with E-state index >= 15 is 0 Å². The van der Waals surface area contributed by atoms with Crippen molar-refractivity contribution in [3.05, 3.63) is 18.5 Å². The largest absolute Gasteiger partial charge is 0.387 e. The molecule has 0 atom stereocenters. The van der Waals surface area contributed by atoms with E-state index in [1.165, 1.54) is 12.8 Å². The van der Waals surface area contributed by atoms with Crippen molar-refractivity contribution < 1.29 is 0 Å². The summed E-state index contributed by atoms with van der Waals surface area (Å²) in [6.45, 7) is 4.52. The zero-order chi connectivity index (χ0) is 10.9. The third-order valence-corrected chi connectivity index (χ3v) is 3.09. The second kappa shape index (κ2) is 3.72. The van der Waals surface area contributed by atoms with Gasteiger partial charge in [0.05, 0.1) is 23.8 Å². The lowest BCUT2D eigenvalue weighted by atomic mass is 9.98. The van der Waals surface area contributed by atoms with Crippen LogP contribution in [-0.4, -0.2) is 17.6 Å². The zero-order valence-corrected chi connectivity index (χ0v) is 9.67. The summed E-state index contributed by atoms with van der Waals surface area (Å²) < 4.78 is 0. The molecule has 0 aliphatic heterocycles. The first-order valence-corrected chi connectivity index (χ1v) is 5.53. The van der Waals surface area contributed by atoms with Gasteiger partial charge >= 0.3 is 0 Å². The van der Waals surface area contributed by atoms with Crippen molar-refractivity contribution in [1.29, 1.82) is 0 Å². The van der Waals surface area contributed by atoms with Crippen molar-refractivity contribution >= 4 is 11.4 Å². The summed E-state index contributed by atoms with van der Waals surface area (Å²) in [5, 5.41) is 6.65. The average Bonchev–Trinajstić information content (AvgIpc) is 3.00. The summed E-state index contributed by atoms with van der Waals surface area (Å²) in [5.41, 5.74) is 2.33. The predicted octanol–water partition coefficient (Wildman–Crippen LogP) is 2.72. The van der Waals surface area contributed by atoms with Crippen LogP contribution in [-0.2, 0) is 0 Å². The van der Waals surface area contributed by atoms with Gasteiger partial charge in [-0.15, -0.1) is 0 Å². The molecule has 1 aromatic heterocycles. The summed E-state index contributed by atoms with van der Waals surface area (Å²) in [6.07, 6.45) is 6.40. The lowest BCUT2D eigenvalue weighted by Crippen LogP contribution is -2.33. The second-order valence-electron chi connectivity index (χ2n) is 4.83. The van der Waals surface area contributed by atoms with Crippen LogP contribution in [0.15, 0.2) is 18.5 Å². The fourth-order valence-corrected chi connectivity index (χ4v) is 1.92. The Morgan fingerprint density at radius 3 is 2.53 bits per heavy atom. The minimum Gasteiger partial charge on any atom is -0.387 e. The van der Waals surface area contributed by atoms with E-state index in [9.17, 15) is 0 Å². The molecule has 0 radical (unpaired) electrons. The van der Waals surface area contributed by atoms with Gasteiger partial charge in [0.1, 0.15) is 0 Å². The second-order valence-corrected chi connectivity index (χ2v) is 4.83. The summed E-state index contributed by atoms with van der Waals surface area (Å²) >= 11 is 0. The summed E-state index contributed by atoms with van der Waals surface area (Å²) in [5.74, 6) is 0.816. The van der Waals surface area contributed by atoms with Crippen molar-refractivity contribution in [2.24, 2.45) is 5.92 Å². The third-order valence-electron chi connectivity index (χ3n) is 3.09. The summed E-state index contributed by atoms with van der Waals surface area (Å²) in [6, 6.07) is 2.09. The Labute approximate surface area is 91.3 Å². The molecule has 82 valence electrons. The van der Waals surface area contributed by atoms with Gasteiger partial charge in [-0.3, -0.25) is 4.98 Å². The minimum absolute atomic E-state index is 0.189. The standard InChI is InChI=1S/C12H19N3/c1-12(2,9-4-5-9)15-11-6-10(13-3)7-14-8-11/h6-9,13,15H,4-5H2,1-3H3. The van der Waals surface area contributed by atoms with Crippen LogP contribution in [0.3, 0.4) is 0 Å². The number of aromatic nitrogens is 1. The lowest BCUT2D eigenvalue weighted by Gasteiger charge is -2.27. The van der Waals surface area contributed by atoms with E-state index in [0.29, 0.717) is 0 Å². The molecular weight excluding hydrogens is 186 g/mol. The molecular formula is C12H19N3. The first kappa shape index (κ1) is 10.3. The Hall–Kier alpha value is -1.25. The molecule has 1 aromatic rings. The fourth-order valence-electron chi connectivity index (χ4n) is 1.92. The molecule has 1 fully saturated rings. The first-order chi connectivity index (χ1) is 7.12. The van der Waals surface area contributed by atoms with Gasteiger partial charge in [0, 0.05) is 12.6 Å². The van der Waals surface area contributed by atoms with Crippen molar-refractivity contribution in [1.82, 2.24) is 4.98 Å². The molecule has 1 saturated carbocycles. The number of nitrogens with zero attached hydrogens (tertiary/aromatic N) is 1. The average molecular weight is 205 g/mol. The van der Waals surface area contributed by atoms with Gasteiger partial charge in [-0.2, -0.15) is 0 Å². The molecule has 1 heterocycles. The Bertz CT molecular complexity index is 342. The molecule has 0 saturated heterocycles. The van der Waals surface area contributed by atoms with Crippen LogP contribution in [0.4, 0.5) is 11.4 Å². The molecule has 0 aromatic carbocycles. The van der Waals surface area contributed by atoms with Crippen LogP contribution in [0.1, 0.15) is 26.7 Å². The van der Waals surface area contributed by atoms with Gasteiger partial charge < -0.3 is 10.6 Å². The SMILES string of the molecule is CNc1cncc(NC(C)(C)C2CC2)c1. The van der Waals surface area contributed by atoms with Crippen molar-refractivity contribution in [3.63, 3.8) is 0 Å². The van der Waals surface area contributed by atoms with E-state index < -0.39 is 0 Å². The lowest BCUT2D eigenvalue weighted by molar-refractivity contribution is 0.494. The summed E-state index contributed by atoms with van der Waals surface area (Å²) in [7, 11) is 1.91. The summed E-state index contributed by atoms with van der Waals surface area (Å²) in [4.78, 5) is 4.19. The molecule has 3 heteroatoms. The Balaban J connectivity index is 2.09. The van der Waals surface area contributed by atoms with Crippen LogP contribution >= 0.6 is 0 Å². The molecule has 3 nitrogen and oxygen atoms in total. The van der Waals surface area contributed by atoms with E-state index in [1.54, 1.807) is 0 Å². The van der Waals surface area contributed by atoms with Crippen LogP contribution in [0, 0.1) is 5.92 Å². The molecule has 0 unspecified atom stereocenters. The number of hydrogen-bond acceptors (Lipinski definition) is 3. The molecule has 2 rings (SSSR count). The van der Waals surface area contributed by atoms with E-state index in [2.05, 4.69) is 35.5 Å². The maximum atomic E-state index is 4.19. The monoisotopic (exact) mass is 205 g/mol. The highest BCUT2D eigenvalue weighted by Gasteiger charge is 2.37. The highest BCUT2D eigenvalue weighted by atomic mass is 15.0.